The van der Waals surface area contributed by atoms with Crippen molar-refractivity contribution in [3.63, 3.8) is 0 Å². The van der Waals surface area contributed by atoms with Gasteiger partial charge in [0.05, 0.1) is 25.2 Å². The number of nitrogens with one attached hydrogen (secondary N) is 1. The Morgan fingerprint density at radius 3 is 2.39 bits per heavy atom. The number of benzene rings is 2. The van der Waals surface area contributed by atoms with Crippen LogP contribution in [0, 0.1) is 0 Å². The maximum absolute atomic E-state index is 12.9. The normalized spacial score (nSPS) is 15.2. The van der Waals surface area contributed by atoms with E-state index in [1.165, 1.54) is 35.7 Å². The summed E-state index contributed by atoms with van der Waals surface area (Å²) < 4.78 is 78.1. The summed E-state index contributed by atoms with van der Waals surface area (Å²) in [7, 11) is -2.26. The second-order valence-electron chi connectivity index (χ2n) is 7.11. The number of methoxy groups -OCH3 is 1. The molecule has 0 saturated carbocycles. The van der Waals surface area contributed by atoms with Gasteiger partial charge in [0.2, 0.25) is 15.9 Å². The zero-order valence-corrected chi connectivity index (χ0v) is 18.5. The Morgan fingerprint density at radius 2 is 1.79 bits per heavy atom. The van der Waals surface area contributed by atoms with E-state index in [1.54, 1.807) is 6.07 Å². The van der Waals surface area contributed by atoms with Gasteiger partial charge in [0.1, 0.15) is 11.5 Å². The van der Waals surface area contributed by atoms with Crippen molar-refractivity contribution in [2.75, 3.05) is 38.7 Å². The molecule has 1 amide bonds. The number of morpholine rings is 1. The standard InChI is InChI=1S/C21H23F3N2O6S/c1-30-19-8-7-18(33(28,29)26-10-12-31-13-11-26)14-15(19)2-9-20(27)25-16-3-5-17(6-4-16)32-21(22,23)24/h3-8,14H,2,9-13H2,1H3,(H,25,27). The van der Waals surface area contributed by atoms with Crippen molar-refractivity contribution in [1.29, 1.82) is 0 Å². The fourth-order valence-electron chi connectivity index (χ4n) is 3.26. The molecule has 0 radical (unpaired) electrons. The van der Waals surface area contributed by atoms with E-state index in [-0.39, 0.29) is 30.8 Å². The second-order valence-corrected chi connectivity index (χ2v) is 9.05. The van der Waals surface area contributed by atoms with Gasteiger partial charge in [0.15, 0.2) is 0 Å². The van der Waals surface area contributed by atoms with E-state index in [0.29, 0.717) is 30.2 Å². The largest absolute Gasteiger partial charge is 0.573 e. The van der Waals surface area contributed by atoms with Crippen LogP contribution < -0.4 is 14.8 Å². The summed E-state index contributed by atoms with van der Waals surface area (Å²) in [6, 6.07) is 9.24. The Balaban J connectivity index is 1.65. The van der Waals surface area contributed by atoms with Crippen LogP contribution in [0.3, 0.4) is 0 Å². The van der Waals surface area contributed by atoms with Crippen molar-refractivity contribution in [1.82, 2.24) is 4.31 Å². The number of alkyl halides is 3. The van der Waals surface area contributed by atoms with E-state index in [0.717, 1.165) is 12.1 Å². The van der Waals surface area contributed by atoms with Gasteiger partial charge in [0.25, 0.3) is 0 Å². The molecule has 0 aliphatic carbocycles. The van der Waals surface area contributed by atoms with Crippen molar-refractivity contribution < 1.29 is 40.6 Å². The van der Waals surface area contributed by atoms with Crippen molar-refractivity contribution >= 4 is 21.6 Å². The molecule has 1 heterocycles. The number of carbonyl (C=O) groups excluding carboxylic acids is 1. The fourth-order valence-corrected chi connectivity index (χ4v) is 4.72. The van der Waals surface area contributed by atoms with Gasteiger partial charge < -0.3 is 19.5 Å². The number of ether oxygens (including phenoxy) is 3. The molecule has 12 heteroatoms. The number of aryl methyl sites for hydroxylation is 1. The first kappa shape index (κ1) is 24.8. The molecule has 2 aromatic carbocycles. The lowest BCUT2D eigenvalue weighted by molar-refractivity contribution is -0.274. The summed E-state index contributed by atoms with van der Waals surface area (Å²) in [5.74, 6) is -0.358. The molecular weight excluding hydrogens is 465 g/mol. The molecular formula is C21H23F3N2O6S. The van der Waals surface area contributed by atoms with Crippen molar-refractivity contribution in [2.45, 2.75) is 24.1 Å². The number of sulfonamides is 1. The molecule has 0 unspecified atom stereocenters. The van der Waals surface area contributed by atoms with Gasteiger partial charge in [-0.05, 0) is 54.4 Å². The topological polar surface area (TPSA) is 94.2 Å². The monoisotopic (exact) mass is 488 g/mol. The number of anilines is 1. The first-order chi connectivity index (χ1) is 15.6. The van der Waals surface area contributed by atoms with Crippen molar-refractivity contribution in [3.8, 4) is 11.5 Å². The predicted octanol–water partition coefficient (Wildman–Crippen LogP) is 3.19. The molecule has 2 aromatic rings. The molecule has 0 bridgehead atoms. The number of amides is 1. The van der Waals surface area contributed by atoms with Crippen LogP contribution in [-0.2, 0) is 26.0 Å². The molecule has 1 saturated heterocycles. The lowest BCUT2D eigenvalue weighted by Gasteiger charge is -2.26. The highest BCUT2D eigenvalue weighted by atomic mass is 32.2. The highest BCUT2D eigenvalue weighted by Crippen LogP contribution is 2.27. The highest BCUT2D eigenvalue weighted by Gasteiger charge is 2.31. The van der Waals surface area contributed by atoms with Crippen LogP contribution >= 0.6 is 0 Å². The zero-order valence-electron chi connectivity index (χ0n) is 17.7. The zero-order chi connectivity index (χ0) is 24.1. The Bertz CT molecular complexity index is 1070. The summed E-state index contributed by atoms with van der Waals surface area (Å²) in [6.07, 6.45) is -4.61. The maximum Gasteiger partial charge on any atom is 0.573 e. The van der Waals surface area contributed by atoms with Gasteiger partial charge in [-0.1, -0.05) is 0 Å². The lowest BCUT2D eigenvalue weighted by Crippen LogP contribution is -2.40. The van der Waals surface area contributed by atoms with Crippen LogP contribution in [-0.4, -0.2) is 58.4 Å². The molecule has 0 spiro atoms. The Kier molecular flexibility index (Phi) is 7.82. The van der Waals surface area contributed by atoms with Crippen LogP contribution in [0.5, 0.6) is 11.5 Å². The average molecular weight is 488 g/mol. The minimum absolute atomic E-state index is 0.00177. The van der Waals surface area contributed by atoms with E-state index >= 15 is 0 Å². The molecule has 1 N–H and O–H groups in total. The number of hydrogen-bond acceptors (Lipinski definition) is 6. The molecule has 0 aromatic heterocycles. The minimum Gasteiger partial charge on any atom is -0.496 e. The van der Waals surface area contributed by atoms with Gasteiger partial charge in [-0.25, -0.2) is 8.42 Å². The van der Waals surface area contributed by atoms with Crippen LogP contribution in [0.4, 0.5) is 18.9 Å². The number of nitrogens with zero attached hydrogens (tertiary/aromatic N) is 1. The van der Waals surface area contributed by atoms with Crippen molar-refractivity contribution in [2.24, 2.45) is 0 Å². The van der Waals surface area contributed by atoms with Crippen LogP contribution in [0.15, 0.2) is 47.4 Å². The van der Waals surface area contributed by atoms with E-state index in [2.05, 4.69) is 10.1 Å². The summed E-state index contributed by atoms with van der Waals surface area (Å²) in [5.41, 5.74) is 0.834. The van der Waals surface area contributed by atoms with E-state index in [9.17, 15) is 26.4 Å². The summed E-state index contributed by atoms with van der Waals surface area (Å²) in [4.78, 5) is 12.4. The third-order valence-corrected chi connectivity index (χ3v) is 6.75. The average Bonchev–Trinajstić information content (AvgIpc) is 2.78. The number of hydrogen-bond donors (Lipinski definition) is 1. The molecule has 0 atom stereocenters. The van der Waals surface area contributed by atoms with Crippen LogP contribution in [0.1, 0.15) is 12.0 Å². The number of halogens is 3. The summed E-state index contributed by atoms with van der Waals surface area (Å²) >= 11 is 0. The summed E-state index contributed by atoms with van der Waals surface area (Å²) in [6.45, 7) is 1.18. The minimum atomic E-state index is -4.80. The fraction of sp³-hybridized carbons (Fsp3) is 0.381. The first-order valence-electron chi connectivity index (χ1n) is 9.99. The Labute approximate surface area is 189 Å². The quantitative estimate of drug-likeness (QED) is 0.614. The maximum atomic E-state index is 12.9. The second kappa shape index (κ2) is 10.4. The molecule has 1 aliphatic rings. The number of rotatable bonds is 8. The molecule has 3 rings (SSSR count). The Hall–Kier alpha value is -2.83. The molecule has 180 valence electrons. The van der Waals surface area contributed by atoms with Gasteiger partial charge >= 0.3 is 6.36 Å². The molecule has 8 nitrogen and oxygen atoms in total. The Morgan fingerprint density at radius 1 is 1.12 bits per heavy atom. The molecule has 1 aliphatic heterocycles. The number of carbonyl (C=O) groups is 1. The smallest absolute Gasteiger partial charge is 0.496 e. The summed E-state index contributed by atoms with van der Waals surface area (Å²) in [5, 5.41) is 2.58. The highest BCUT2D eigenvalue weighted by molar-refractivity contribution is 7.89. The van der Waals surface area contributed by atoms with Gasteiger partial charge in [-0.2, -0.15) is 4.31 Å². The van der Waals surface area contributed by atoms with E-state index in [4.69, 9.17) is 9.47 Å². The van der Waals surface area contributed by atoms with Crippen LogP contribution in [0.25, 0.3) is 0 Å². The van der Waals surface area contributed by atoms with Crippen molar-refractivity contribution in [3.05, 3.63) is 48.0 Å². The van der Waals surface area contributed by atoms with E-state index in [1.807, 2.05) is 0 Å². The van der Waals surface area contributed by atoms with E-state index < -0.39 is 28.0 Å². The lowest BCUT2D eigenvalue weighted by atomic mass is 10.1. The van der Waals surface area contributed by atoms with Gasteiger partial charge in [0, 0.05) is 25.2 Å². The van der Waals surface area contributed by atoms with Gasteiger partial charge in [-0.3, -0.25) is 4.79 Å². The first-order valence-corrected chi connectivity index (χ1v) is 11.4. The molecule has 33 heavy (non-hydrogen) atoms. The SMILES string of the molecule is COc1ccc(S(=O)(=O)N2CCOCC2)cc1CCC(=O)Nc1ccc(OC(F)(F)F)cc1. The molecule has 1 fully saturated rings. The third kappa shape index (κ3) is 6.83. The predicted molar refractivity (Wildman–Crippen MR) is 113 cm³/mol. The van der Waals surface area contributed by atoms with Crippen LogP contribution in [0.2, 0.25) is 0 Å². The third-order valence-electron chi connectivity index (χ3n) is 4.85. The van der Waals surface area contributed by atoms with Gasteiger partial charge in [-0.15, -0.1) is 13.2 Å².